The van der Waals surface area contributed by atoms with Gasteiger partial charge >= 0.3 is 0 Å². The molecule has 1 saturated carbocycles. The predicted octanol–water partition coefficient (Wildman–Crippen LogP) is 4.04. The largest absolute Gasteiger partial charge is 0.497 e. The number of pyridine rings is 1. The number of rotatable bonds is 8. The lowest BCUT2D eigenvalue weighted by molar-refractivity contribution is -0.127. The molecule has 3 aromatic rings. The number of methoxy groups -OCH3 is 2. The number of hydrogen-bond donors (Lipinski definition) is 2. The maximum atomic E-state index is 12.1. The van der Waals surface area contributed by atoms with Gasteiger partial charge in [-0.2, -0.15) is 0 Å². The molecular weight excluding hydrogens is 410 g/mol. The van der Waals surface area contributed by atoms with Crippen molar-refractivity contribution in [3.8, 4) is 23.0 Å². The Morgan fingerprint density at radius 1 is 0.969 bits per heavy atom. The summed E-state index contributed by atoms with van der Waals surface area (Å²) in [5.41, 5.74) is 1.27. The topological polar surface area (TPSA) is 98.8 Å². The van der Waals surface area contributed by atoms with Gasteiger partial charge in [-0.3, -0.25) is 14.6 Å². The average molecular weight is 435 g/mol. The van der Waals surface area contributed by atoms with Crippen LogP contribution in [0.1, 0.15) is 25.7 Å². The van der Waals surface area contributed by atoms with Gasteiger partial charge in [-0.25, -0.2) is 0 Å². The molecule has 1 heterocycles. The van der Waals surface area contributed by atoms with Crippen molar-refractivity contribution in [1.82, 2.24) is 10.3 Å². The fraction of sp³-hybridized carbons (Fsp3) is 0.292. The molecule has 1 aromatic heterocycles. The minimum atomic E-state index is -0.352. The van der Waals surface area contributed by atoms with Gasteiger partial charge in [0.15, 0.2) is 0 Å². The third-order valence-electron chi connectivity index (χ3n) is 5.35. The van der Waals surface area contributed by atoms with E-state index < -0.39 is 0 Å². The monoisotopic (exact) mass is 435 g/mol. The molecular formula is C24H25N3O5. The molecule has 1 fully saturated rings. The molecule has 0 saturated heterocycles. The lowest BCUT2D eigenvalue weighted by Gasteiger charge is -2.26. The first-order valence-electron chi connectivity index (χ1n) is 10.4. The molecule has 166 valence electrons. The van der Waals surface area contributed by atoms with Gasteiger partial charge in [0.05, 0.1) is 25.1 Å². The first-order valence-corrected chi connectivity index (χ1v) is 10.4. The molecule has 32 heavy (non-hydrogen) atoms. The molecule has 0 aliphatic heterocycles. The fourth-order valence-corrected chi connectivity index (χ4v) is 3.47. The van der Waals surface area contributed by atoms with E-state index in [2.05, 4.69) is 15.6 Å². The SMILES string of the molecule is COc1cc(OC)c2c(Oc3ccc(NC(=O)CC(=O)NC4CCC4)cc3)ccnc2c1. The number of anilines is 1. The van der Waals surface area contributed by atoms with Gasteiger partial charge in [0.1, 0.15) is 29.4 Å². The van der Waals surface area contributed by atoms with Gasteiger partial charge in [-0.1, -0.05) is 0 Å². The number of fused-ring (bicyclic) bond motifs is 1. The third-order valence-corrected chi connectivity index (χ3v) is 5.35. The van der Waals surface area contributed by atoms with Crippen LogP contribution in [-0.4, -0.2) is 37.1 Å². The molecule has 1 aliphatic carbocycles. The van der Waals surface area contributed by atoms with Crippen molar-refractivity contribution in [3.63, 3.8) is 0 Å². The van der Waals surface area contributed by atoms with Crippen molar-refractivity contribution in [2.75, 3.05) is 19.5 Å². The molecule has 4 rings (SSSR count). The Kier molecular flexibility index (Phi) is 6.39. The molecule has 0 radical (unpaired) electrons. The Balaban J connectivity index is 1.43. The van der Waals surface area contributed by atoms with Crippen LogP contribution >= 0.6 is 0 Å². The van der Waals surface area contributed by atoms with E-state index >= 15 is 0 Å². The summed E-state index contributed by atoms with van der Waals surface area (Å²) in [5.74, 6) is 1.79. The van der Waals surface area contributed by atoms with Crippen LogP contribution in [0.4, 0.5) is 5.69 Å². The zero-order chi connectivity index (χ0) is 22.5. The number of benzene rings is 2. The maximum Gasteiger partial charge on any atom is 0.233 e. The standard InChI is InChI=1S/C24H25N3O5/c1-30-18-12-19-24(21(13-18)31-2)20(10-11-25-19)32-17-8-6-16(7-9-17)27-23(29)14-22(28)26-15-4-3-5-15/h6-13,15H,3-5,14H2,1-2H3,(H,26,28)(H,27,29). The average Bonchev–Trinajstić information content (AvgIpc) is 2.76. The van der Waals surface area contributed by atoms with E-state index in [-0.39, 0.29) is 24.3 Å². The first-order chi connectivity index (χ1) is 15.6. The van der Waals surface area contributed by atoms with E-state index in [0.29, 0.717) is 34.2 Å². The Bertz CT molecular complexity index is 1130. The van der Waals surface area contributed by atoms with E-state index in [1.165, 1.54) is 0 Å². The summed E-state index contributed by atoms with van der Waals surface area (Å²) in [4.78, 5) is 28.4. The summed E-state index contributed by atoms with van der Waals surface area (Å²) in [6.45, 7) is 0. The van der Waals surface area contributed by atoms with Crippen LogP contribution in [0, 0.1) is 0 Å². The second-order valence-corrected chi connectivity index (χ2v) is 7.58. The zero-order valence-electron chi connectivity index (χ0n) is 18.0. The summed E-state index contributed by atoms with van der Waals surface area (Å²) >= 11 is 0. The fourth-order valence-electron chi connectivity index (χ4n) is 3.47. The van der Waals surface area contributed by atoms with E-state index in [9.17, 15) is 9.59 Å². The number of carbonyl (C=O) groups excluding carboxylic acids is 2. The van der Waals surface area contributed by atoms with Gasteiger partial charge in [-0.15, -0.1) is 0 Å². The highest BCUT2D eigenvalue weighted by atomic mass is 16.5. The van der Waals surface area contributed by atoms with Crippen LogP contribution in [0.3, 0.4) is 0 Å². The van der Waals surface area contributed by atoms with Crippen molar-refractivity contribution in [1.29, 1.82) is 0 Å². The second kappa shape index (κ2) is 9.55. The molecule has 2 amide bonds. The Morgan fingerprint density at radius 3 is 2.41 bits per heavy atom. The smallest absolute Gasteiger partial charge is 0.233 e. The lowest BCUT2D eigenvalue weighted by Crippen LogP contribution is -2.40. The highest BCUT2D eigenvalue weighted by molar-refractivity contribution is 6.03. The molecule has 0 spiro atoms. The number of ether oxygens (including phenoxy) is 3. The Hall–Kier alpha value is -3.81. The van der Waals surface area contributed by atoms with Crippen molar-refractivity contribution in [2.24, 2.45) is 0 Å². The van der Waals surface area contributed by atoms with E-state index in [0.717, 1.165) is 24.6 Å². The number of carbonyl (C=O) groups is 2. The number of nitrogens with one attached hydrogen (secondary N) is 2. The second-order valence-electron chi connectivity index (χ2n) is 7.58. The van der Waals surface area contributed by atoms with E-state index in [1.807, 2.05) is 6.07 Å². The van der Waals surface area contributed by atoms with Crippen molar-refractivity contribution < 1.29 is 23.8 Å². The Morgan fingerprint density at radius 2 is 1.75 bits per heavy atom. The van der Waals surface area contributed by atoms with Crippen molar-refractivity contribution in [3.05, 3.63) is 48.7 Å². The molecule has 0 unspecified atom stereocenters. The van der Waals surface area contributed by atoms with Crippen LogP contribution in [0.15, 0.2) is 48.7 Å². The Labute approximate surface area is 185 Å². The summed E-state index contributed by atoms with van der Waals surface area (Å²) in [6.07, 6.45) is 4.56. The van der Waals surface area contributed by atoms with Crippen molar-refractivity contribution in [2.45, 2.75) is 31.7 Å². The molecule has 8 nitrogen and oxygen atoms in total. The highest BCUT2D eigenvalue weighted by Crippen LogP contribution is 2.38. The lowest BCUT2D eigenvalue weighted by atomic mass is 9.93. The van der Waals surface area contributed by atoms with Crippen LogP contribution in [0.25, 0.3) is 10.9 Å². The minimum Gasteiger partial charge on any atom is -0.497 e. The highest BCUT2D eigenvalue weighted by Gasteiger charge is 2.20. The van der Waals surface area contributed by atoms with Crippen molar-refractivity contribution >= 4 is 28.4 Å². The van der Waals surface area contributed by atoms with Gasteiger partial charge < -0.3 is 24.8 Å². The number of nitrogens with zero attached hydrogens (tertiary/aromatic N) is 1. The molecule has 2 aromatic carbocycles. The predicted molar refractivity (Wildman–Crippen MR) is 120 cm³/mol. The van der Waals surface area contributed by atoms with Gasteiger partial charge in [0.25, 0.3) is 0 Å². The zero-order valence-corrected chi connectivity index (χ0v) is 18.0. The van der Waals surface area contributed by atoms with Crippen LogP contribution < -0.4 is 24.8 Å². The third kappa shape index (κ3) is 4.91. The van der Waals surface area contributed by atoms with Crippen LogP contribution in [0.2, 0.25) is 0 Å². The molecule has 0 atom stereocenters. The molecule has 0 bridgehead atoms. The van der Waals surface area contributed by atoms with Crippen LogP contribution in [0.5, 0.6) is 23.0 Å². The maximum absolute atomic E-state index is 12.1. The molecule has 8 heteroatoms. The molecule has 1 aliphatic rings. The number of aromatic nitrogens is 1. The summed E-state index contributed by atoms with van der Waals surface area (Å²) in [5, 5.41) is 6.32. The van der Waals surface area contributed by atoms with Crippen LogP contribution in [-0.2, 0) is 9.59 Å². The molecule has 2 N–H and O–H groups in total. The quantitative estimate of drug-likeness (QED) is 0.518. The number of amides is 2. The summed E-state index contributed by atoms with van der Waals surface area (Å²) in [7, 11) is 3.16. The first kappa shape index (κ1) is 21.4. The minimum absolute atomic E-state index is 0.193. The van der Waals surface area contributed by atoms with E-state index in [1.54, 1.807) is 56.8 Å². The van der Waals surface area contributed by atoms with Gasteiger partial charge in [0.2, 0.25) is 11.8 Å². The number of hydrogen-bond acceptors (Lipinski definition) is 6. The summed E-state index contributed by atoms with van der Waals surface area (Å²) in [6, 6.07) is 12.5. The normalized spacial score (nSPS) is 13.2. The van der Waals surface area contributed by atoms with Gasteiger partial charge in [-0.05, 0) is 49.6 Å². The summed E-state index contributed by atoms with van der Waals surface area (Å²) < 4.78 is 16.9. The van der Waals surface area contributed by atoms with Gasteiger partial charge in [0, 0.05) is 30.1 Å². The van der Waals surface area contributed by atoms with E-state index in [4.69, 9.17) is 14.2 Å².